The molecule has 0 spiro atoms. The summed E-state index contributed by atoms with van der Waals surface area (Å²) in [5, 5.41) is 11.7. The molecule has 2 rings (SSSR count). The summed E-state index contributed by atoms with van der Waals surface area (Å²) in [5.41, 5.74) is 5.79. The molecule has 1 atom stereocenters. The number of nitrogens with two attached hydrogens (primary N) is 1. The van der Waals surface area contributed by atoms with Crippen LogP contribution in [0.3, 0.4) is 0 Å². The number of aliphatic hydroxyl groups excluding tert-OH is 1. The summed E-state index contributed by atoms with van der Waals surface area (Å²) in [6.07, 6.45) is 4.68. The van der Waals surface area contributed by atoms with E-state index in [1.54, 1.807) is 11.3 Å². The van der Waals surface area contributed by atoms with E-state index in [1.165, 1.54) is 17.7 Å². The summed E-state index contributed by atoms with van der Waals surface area (Å²) in [5.74, 6) is 0.820. The lowest BCUT2D eigenvalue weighted by Crippen LogP contribution is -2.36. The molecule has 15 heavy (non-hydrogen) atoms. The maximum absolute atomic E-state index is 9.58. The number of hydrogen-bond donors (Lipinski definition) is 2. The molecule has 3 heteroatoms. The van der Waals surface area contributed by atoms with Crippen molar-refractivity contribution in [3.63, 3.8) is 0 Å². The normalized spacial score (nSPS) is 20.1. The van der Waals surface area contributed by atoms with E-state index in [4.69, 9.17) is 5.73 Å². The van der Waals surface area contributed by atoms with Gasteiger partial charge in [0, 0.05) is 16.8 Å². The van der Waals surface area contributed by atoms with Crippen LogP contribution in [0, 0.1) is 11.3 Å². The molecule has 1 aromatic rings. The summed E-state index contributed by atoms with van der Waals surface area (Å²) >= 11 is 1.76. The first-order chi connectivity index (χ1) is 7.28. The fourth-order valence-electron chi connectivity index (χ4n) is 2.13. The van der Waals surface area contributed by atoms with Gasteiger partial charge in [-0.05, 0) is 30.2 Å². The molecular weight excluding hydrogens is 206 g/mol. The molecular formula is C12H19NOS. The highest BCUT2D eigenvalue weighted by molar-refractivity contribution is 7.09. The van der Waals surface area contributed by atoms with Gasteiger partial charge in [-0.1, -0.05) is 18.9 Å². The van der Waals surface area contributed by atoms with E-state index in [9.17, 15) is 5.11 Å². The van der Waals surface area contributed by atoms with Crippen molar-refractivity contribution < 1.29 is 5.11 Å². The van der Waals surface area contributed by atoms with Gasteiger partial charge in [0.15, 0.2) is 0 Å². The second kappa shape index (κ2) is 4.64. The molecule has 84 valence electrons. The highest BCUT2D eigenvalue weighted by Crippen LogP contribution is 2.41. The molecule has 1 fully saturated rings. The number of thiophene rings is 1. The van der Waals surface area contributed by atoms with Crippen molar-refractivity contribution in [1.29, 1.82) is 0 Å². The minimum atomic E-state index is -0.0635. The van der Waals surface area contributed by atoms with E-state index in [0.717, 1.165) is 18.8 Å². The molecule has 2 nitrogen and oxygen atoms in total. The monoisotopic (exact) mass is 225 g/mol. The maximum Gasteiger partial charge on any atom is 0.0503 e. The smallest absolute Gasteiger partial charge is 0.0503 e. The minimum absolute atomic E-state index is 0.0635. The SMILES string of the molecule is NCC(CO)(Cc1cccs1)CC1CC1. The third-order valence-electron chi connectivity index (χ3n) is 3.32. The Morgan fingerprint density at radius 1 is 1.53 bits per heavy atom. The third-order valence-corrected chi connectivity index (χ3v) is 4.19. The van der Waals surface area contributed by atoms with Gasteiger partial charge in [0.25, 0.3) is 0 Å². The topological polar surface area (TPSA) is 46.2 Å². The largest absolute Gasteiger partial charge is 0.396 e. The molecule has 1 aliphatic rings. The highest BCUT2D eigenvalue weighted by atomic mass is 32.1. The zero-order chi connectivity index (χ0) is 10.7. The first kappa shape index (κ1) is 11.1. The molecule has 0 bridgehead atoms. The van der Waals surface area contributed by atoms with Crippen LogP contribution in [-0.2, 0) is 6.42 Å². The molecule has 0 saturated heterocycles. The van der Waals surface area contributed by atoms with Gasteiger partial charge in [-0.15, -0.1) is 11.3 Å². The Bertz CT molecular complexity index is 289. The van der Waals surface area contributed by atoms with Crippen LogP contribution in [0.25, 0.3) is 0 Å². The summed E-state index contributed by atoms with van der Waals surface area (Å²) in [6.45, 7) is 0.815. The zero-order valence-corrected chi connectivity index (χ0v) is 9.80. The first-order valence-electron chi connectivity index (χ1n) is 5.61. The fraction of sp³-hybridized carbons (Fsp3) is 0.667. The Balaban J connectivity index is 2.02. The lowest BCUT2D eigenvalue weighted by molar-refractivity contribution is 0.116. The average Bonchev–Trinajstić information content (AvgIpc) is 2.92. The molecule has 3 N–H and O–H groups in total. The van der Waals surface area contributed by atoms with E-state index < -0.39 is 0 Å². The van der Waals surface area contributed by atoms with Gasteiger partial charge in [0.05, 0.1) is 6.61 Å². The van der Waals surface area contributed by atoms with E-state index in [-0.39, 0.29) is 12.0 Å². The van der Waals surface area contributed by atoms with Gasteiger partial charge >= 0.3 is 0 Å². The summed E-state index contributed by atoms with van der Waals surface area (Å²) in [6, 6.07) is 4.20. The predicted molar refractivity (Wildman–Crippen MR) is 63.9 cm³/mol. The van der Waals surface area contributed by atoms with Crippen molar-refractivity contribution in [2.24, 2.45) is 17.1 Å². The average molecular weight is 225 g/mol. The van der Waals surface area contributed by atoms with Crippen molar-refractivity contribution >= 4 is 11.3 Å². The van der Waals surface area contributed by atoms with Crippen molar-refractivity contribution in [3.8, 4) is 0 Å². The van der Waals surface area contributed by atoms with E-state index >= 15 is 0 Å². The molecule has 0 amide bonds. The van der Waals surface area contributed by atoms with Crippen LogP contribution in [0.2, 0.25) is 0 Å². The Morgan fingerprint density at radius 2 is 2.33 bits per heavy atom. The molecule has 1 aromatic heterocycles. The second-order valence-electron chi connectivity index (χ2n) is 4.77. The van der Waals surface area contributed by atoms with Gasteiger partial charge in [-0.3, -0.25) is 0 Å². The molecule has 1 heterocycles. The quantitative estimate of drug-likeness (QED) is 0.778. The van der Waals surface area contributed by atoms with Gasteiger partial charge in [-0.25, -0.2) is 0 Å². The molecule has 0 aliphatic heterocycles. The maximum atomic E-state index is 9.58. The Kier molecular flexibility index (Phi) is 3.44. The van der Waals surface area contributed by atoms with Gasteiger partial charge in [-0.2, -0.15) is 0 Å². The highest BCUT2D eigenvalue weighted by Gasteiger charge is 2.35. The molecule has 1 aliphatic carbocycles. The van der Waals surface area contributed by atoms with Crippen LogP contribution < -0.4 is 5.73 Å². The number of hydrogen-bond acceptors (Lipinski definition) is 3. The fourth-order valence-corrected chi connectivity index (χ4v) is 3.01. The Labute approximate surface area is 95.1 Å². The van der Waals surface area contributed by atoms with Crippen LogP contribution in [0.1, 0.15) is 24.1 Å². The first-order valence-corrected chi connectivity index (χ1v) is 6.49. The van der Waals surface area contributed by atoms with Gasteiger partial charge < -0.3 is 10.8 Å². The van der Waals surface area contributed by atoms with Crippen molar-refractivity contribution in [2.75, 3.05) is 13.2 Å². The summed E-state index contributed by atoms with van der Waals surface area (Å²) in [4.78, 5) is 1.34. The van der Waals surface area contributed by atoms with Crippen LogP contribution >= 0.6 is 11.3 Å². The van der Waals surface area contributed by atoms with Crippen LogP contribution in [0.5, 0.6) is 0 Å². The Hall–Kier alpha value is -0.380. The number of aliphatic hydroxyl groups is 1. The molecule has 0 aromatic carbocycles. The standard InChI is InChI=1S/C12H19NOS/c13-8-12(9-14,6-10-3-4-10)7-11-2-1-5-15-11/h1-2,5,10,14H,3-4,6-9,13H2. The van der Waals surface area contributed by atoms with Crippen LogP contribution in [0.15, 0.2) is 17.5 Å². The summed E-state index contributed by atoms with van der Waals surface area (Å²) < 4.78 is 0. The third kappa shape index (κ3) is 2.80. The lowest BCUT2D eigenvalue weighted by Gasteiger charge is -2.30. The molecule has 0 radical (unpaired) electrons. The van der Waals surface area contributed by atoms with Crippen LogP contribution in [-0.4, -0.2) is 18.3 Å². The minimum Gasteiger partial charge on any atom is -0.396 e. The Morgan fingerprint density at radius 3 is 2.80 bits per heavy atom. The predicted octanol–water partition coefficient (Wildman–Crippen LogP) is 2.03. The van der Waals surface area contributed by atoms with E-state index in [1.807, 2.05) is 0 Å². The zero-order valence-electron chi connectivity index (χ0n) is 8.98. The van der Waals surface area contributed by atoms with Crippen molar-refractivity contribution in [2.45, 2.75) is 25.7 Å². The lowest BCUT2D eigenvalue weighted by atomic mass is 9.79. The van der Waals surface area contributed by atoms with Gasteiger partial charge in [0.1, 0.15) is 0 Å². The second-order valence-corrected chi connectivity index (χ2v) is 5.80. The van der Waals surface area contributed by atoms with Crippen LogP contribution in [0.4, 0.5) is 0 Å². The molecule has 1 unspecified atom stereocenters. The van der Waals surface area contributed by atoms with Crippen molar-refractivity contribution in [3.05, 3.63) is 22.4 Å². The summed E-state index contributed by atoms with van der Waals surface area (Å²) in [7, 11) is 0. The van der Waals surface area contributed by atoms with Crippen molar-refractivity contribution in [1.82, 2.24) is 0 Å². The van der Waals surface area contributed by atoms with E-state index in [0.29, 0.717) is 6.54 Å². The number of rotatable bonds is 6. The van der Waals surface area contributed by atoms with E-state index in [2.05, 4.69) is 17.5 Å². The molecule has 1 saturated carbocycles. The van der Waals surface area contributed by atoms with Gasteiger partial charge in [0.2, 0.25) is 0 Å².